The first-order valence-corrected chi connectivity index (χ1v) is 5.92. The summed E-state index contributed by atoms with van der Waals surface area (Å²) in [6, 6.07) is 7.52. The molecule has 1 unspecified atom stereocenters. The van der Waals surface area contributed by atoms with Gasteiger partial charge in [-0.3, -0.25) is 0 Å². The maximum Gasteiger partial charge on any atom is 0.0859 e. The Bertz CT molecular complexity index is 386. The Balaban J connectivity index is 1.98. The van der Waals surface area contributed by atoms with E-state index in [0.717, 1.165) is 5.92 Å². The fourth-order valence-electron chi connectivity index (χ4n) is 3.04. The van der Waals surface area contributed by atoms with Gasteiger partial charge in [0.15, 0.2) is 0 Å². The lowest BCUT2D eigenvalue weighted by Gasteiger charge is -2.29. The number of likely N-dealkylation sites (tertiary alicyclic amines) is 1. The van der Waals surface area contributed by atoms with E-state index in [-0.39, 0.29) is 0 Å². The molecule has 3 atom stereocenters. The fraction of sp³-hybridized carbons (Fsp3) is 0.538. The lowest BCUT2D eigenvalue weighted by molar-refractivity contribution is -0.886. The van der Waals surface area contributed by atoms with Crippen LogP contribution in [0.4, 0.5) is 5.69 Å². The molecule has 0 amide bonds. The minimum absolute atomic E-state index is 0.700. The molecule has 2 aliphatic heterocycles. The molecule has 2 heteroatoms. The zero-order chi connectivity index (χ0) is 10.4. The molecule has 1 aromatic rings. The number of hydrogen-bond acceptors (Lipinski definition) is 1. The van der Waals surface area contributed by atoms with Crippen LogP contribution in [0.25, 0.3) is 0 Å². The number of piperidine rings is 1. The second-order valence-electron chi connectivity index (χ2n) is 5.15. The summed E-state index contributed by atoms with van der Waals surface area (Å²) in [5.41, 5.74) is 4.32. The number of likely N-dealkylation sites (N-methyl/N-ethyl adjacent to an activating group) is 1. The van der Waals surface area contributed by atoms with E-state index in [0.29, 0.717) is 6.04 Å². The van der Waals surface area contributed by atoms with E-state index in [9.17, 15) is 0 Å². The van der Waals surface area contributed by atoms with E-state index < -0.39 is 0 Å². The molecule has 0 saturated carbocycles. The molecule has 2 N–H and O–H groups in total. The molecule has 2 aliphatic rings. The van der Waals surface area contributed by atoms with Crippen LogP contribution >= 0.6 is 0 Å². The number of nitrogens with one attached hydrogen (secondary N) is 2. The predicted octanol–water partition coefficient (Wildman–Crippen LogP) is 0.791. The highest BCUT2D eigenvalue weighted by molar-refractivity contribution is 5.60. The first-order chi connectivity index (χ1) is 7.24. The van der Waals surface area contributed by atoms with Gasteiger partial charge in [0.25, 0.3) is 0 Å². The lowest BCUT2D eigenvalue weighted by atomic mass is 9.89. The van der Waals surface area contributed by atoms with Crippen molar-refractivity contribution in [1.29, 1.82) is 0 Å². The third-order valence-electron chi connectivity index (χ3n) is 3.88. The highest BCUT2D eigenvalue weighted by Gasteiger charge is 2.37. The summed E-state index contributed by atoms with van der Waals surface area (Å²) in [6.45, 7) is 4.78. The molecular weight excluding hydrogens is 184 g/mol. The molecule has 0 radical (unpaired) electrons. The summed E-state index contributed by atoms with van der Waals surface area (Å²) >= 11 is 0. The smallest absolute Gasteiger partial charge is 0.0859 e. The summed E-state index contributed by atoms with van der Waals surface area (Å²) in [5.74, 6) is 0.744. The first kappa shape index (κ1) is 9.22. The van der Waals surface area contributed by atoms with E-state index >= 15 is 0 Å². The molecule has 1 aromatic carbocycles. The highest BCUT2D eigenvalue weighted by Crippen LogP contribution is 2.37. The second kappa shape index (κ2) is 3.24. The summed E-state index contributed by atoms with van der Waals surface area (Å²) in [5, 5.41) is 3.67. The zero-order valence-electron chi connectivity index (χ0n) is 9.51. The van der Waals surface area contributed by atoms with Crippen LogP contribution < -0.4 is 10.2 Å². The van der Waals surface area contributed by atoms with Crippen molar-refractivity contribution in [1.82, 2.24) is 0 Å². The van der Waals surface area contributed by atoms with Crippen LogP contribution in [-0.2, 0) is 0 Å². The van der Waals surface area contributed by atoms with Crippen molar-refractivity contribution >= 4 is 5.69 Å². The molecule has 2 nitrogen and oxygen atoms in total. The van der Waals surface area contributed by atoms with Crippen LogP contribution in [0, 0.1) is 6.92 Å². The average Bonchev–Trinajstić information content (AvgIpc) is 2.56. The monoisotopic (exact) mass is 203 g/mol. The molecule has 0 aliphatic carbocycles. The van der Waals surface area contributed by atoms with Crippen molar-refractivity contribution in [3.8, 4) is 0 Å². The number of rotatable bonds is 0. The molecule has 3 rings (SSSR count). The zero-order valence-corrected chi connectivity index (χ0v) is 9.51. The Morgan fingerprint density at radius 2 is 2.27 bits per heavy atom. The third kappa shape index (κ3) is 1.44. The predicted molar refractivity (Wildman–Crippen MR) is 62.6 cm³/mol. The third-order valence-corrected chi connectivity index (χ3v) is 3.88. The van der Waals surface area contributed by atoms with Crippen LogP contribution in [0.15, 0.2) is 18.2 Å². The Kier molecular flexibility index (Phi) is 1.99. The Hall–Kier alpha value is -1.02. The number of benzene rings is 1. The van der Waals surface area contributed by atoms with Crippen molar-refractivity contribution in [2.75, 3.05) is 25.5 Å². The van der Waals surface area contributed by atoms with Gasteiger partial charge < -0.3 is 10.2 Å². The summed E-state index contributed by atoms with van der Waals surface area (Å²) in [6.07, 6.45) is 1.31. The maximum absolute atomic E-state index is 3.67. The van der Waals surface area contributed by atoms with Crippen molar-refractivity contribution in [3.63, 3.8) is 0 Å². The average molecular weight is 203 g/mol. The number of aryl methyl sites for hydroxylation is 1. The van der Waals surface area contributed by atoms with Crippen LogP contribution in [-0.4, -0.2) is 26.2 Å². The molecule has 0 aromatic heterocycles. The van der Waals surface area contributed by atoms with Gasteiger partial charge in [0.05, 0.1) is 26.1 Å². The second-order valence-corrected chi connectivity index (χ2v) is 5.15. The van der Waals surface area contributed by atoms with E-state index in [1.807, 2.05) is 0 Å². The van der Waals surface area contributed by atoms with E-state index in [4.69, 9.17) is 0 Å². The Morgan fingerprint density at radius 1 is 1.40 bits per heavy atom. The number of hydrogen-bond donors (Lipinski definition) is 2. The van der Waals surface area contributed by atoms with Gasteiger partial charge in [0, 0.05) is 18.2 Å². The largest absolute Gasteiger partial charge is 0.381 e. The SMILES string of the molecule is Cc1ccc2c(c1)[C@@H]1C[NH+](C)CC[C@@H]1N2. The van der Waals surface area contributed by atoms with E-state index in [2.05, 4.69) is 37.5 Å². The Labute approximate surface area is 91.3 Å². The van der Waals surface area contributed by atoms with Crippen molar-refractivity contribution in [3.05, 3.63) is 29.3 Å². The van der Waals surface area contributed by atoms with Gasteiger partial charge in [-0.1, -0.05) is 17.7 Å². The van der Waals surface area contributed by atoms with Crippen LogP contribution in [0.2, 0.25) is 0 Å². The minimum Gasteiger partial charge on any atom is -0.381 e. The fourth-order valence-corrected chi connectivity index (χ4v) is 3.04. The van der Waals surface area contributed by atoms with Gasteiger partial charge in [0.2, 0.25) is 0 Å². The van der Waals surface area contributed by atoms with Gasteiger partial charge in [-0.05, 0) is 18.6 Å². The molecule has 1 saturated heterocycles. The normalized spacial score (nSPS) is 33.1. The number of fused-ring (bicyclic) bond motifs is 3. The van der Waals surface area contributed by atoms with Gasteiger partial charge >= 0.3 is 0 Å². The Morgan fingerprint density at radius 3 is 3.13 bits per heavy atom. The molecule has 80 valence electrons. The van der Waals surface area contributed by atoms with Crippen LogP contribution in [0.3, 0.4) is 0 Å². The number of quaternary nitrogens is 1. The van der Waals surface area contributed by atoms with Crippen molar-refractivity contribution in [2.45, 2.75) is 25.3 Å². The van der Waals surface area contributed by atoms with Gasteiger partial charge in [0.1, 0.15) is 0 Å². The number of anilines is 1. The van der Waals surface area contributed by atoms with Gasteiger partial charge in [-0.2, -0.15) is 0 Å². The molecule has 15 heavy (non-hydrogen) atoms. The maximum atomic E-state index is 3.67. The minimum atomic E-state index is 0.700. The van der Waals surface area contributed by atoms with Gasteiger partial charge in [-0.15, -0.1) is 0 Å². The van der Waals surface area contributed by atoms with Crippen LogP contribution in [0.1, 0.15) is 23.5 Å². The molecule has 1 fully saturated rings. The highest BCUT2D eigenvalue weighted by atomic mass is 15.1. The van der Waals surface area contributed by atoms with Crippen LogP contribution in [0.5, 0.6) is 0 Å². The lowest BCUT2D eigenvalue weighted by Crippen LogP contribution is -3.11. The first-order valence-electron chi connectivity index (χ1n) is 5.92. The van der Waals surface area contributed by atoms with Gasteiger partial charge in [-0.25, -0.2) is 0 Å². The van der Waals surface area contributed by atoms with Crippen molar-refractivity contribution in [2.24, 2.45) is 0 Å². The summed E-state index contributed by atoms with van der Waals surface area (Å²) in [7, 11) is 2.31. The quantitative estimate of drug-likeness (QED) is 0.637. The van der Waals surface area contributed by atoms with E-state index in [1.165, 1.54) is 30.8 Å². The summed E-state index contributed by atoms with van der Waals surface area (Å²) in [4.78, 5) is 1.67. The molecule has 0 spiro atoms. The molecule has 2 heterocycles. The topological polar surface area (TPSA) is 16.5 Å². The standard InChI is InChI=1S/C13H18N2/c1-9-3-4-12-10(7-9)11-8-15(2)6-5-13(11)14-12/h3-4,7,11,13-14H,5-6,8H2,1-2H3/p+1/t11-,13-/m0/s1. The molecule has 0 bridgehead atoms. The van der Waals surface area contributed by atoms with Crippen molar-refractivity contribution < 1.29 is 4.90 Å². The van der Waals surface area contributed by atoms with E-state index in [1.54, 1.807) is 10.5 Å². The molecular formula is C13H19N2+. The summed E-state index contributed by atoms with van der Waals surface area (Å²) < 4.78 is 0.